The van der Waals surface area contributed by atoms with E-state index in [0.29, 0.717) is 37.4 Å². The Labute approximate surface area is 144 Å². The summed E-state index contributed by atoms with van der Waals surface area (Å²) in [4.78, 5) is 2.04. The molecule has 2 aliphatic rings. The van der Waals surface area contributed by atoms with Crippen LogP contribution in [0.1, 0.15) is 37.7 Å². The normalized spacial score (nSPS) is 25.5. The fraction of sp³-hybridized carbons (Fsp3) is 0.684. The van der Waals surface area contributed by atoms with Gasteiger partial charge in [-0.2, -0.15) is 0 Å². The number of anilines is 1. The zero-order valence-electron chi connectivity index (χ0n) is 14.3. The smallest absolute Gasteiger partial charge is 0.146 e. The van der Waals surface area contributed by atoms with E-state index in [1.54, 1.807) is 6.07 Å². The van der Waals surface area contributed by atoms with Crippen molar-refractivity contribution in [3.63, 3.8) is 0 Å². The third-order valence-corrected chi connectivity index (χ3v) is 5.33. The quantitative estimate of drug-likeness (QED) is 0.812. The molecular formula is C19H29FN2O2. The van der Waals surface area contributed by atoms with Gasteiger partial charge in [-0.1, -0.05) is 25.3 Å². The predicted molar refractivity (Wildman–Crippen MR) is 93.7 cm³/mol. The first-order valence-electron chi connectivity index (χ1n) is 9.23. The second kappa shape index (κ2) is 8.79. The van der Waals surface area contributed by atoms with Crippen molar-refractivity contribution in [2.75, 3.05) is 37.8 Å². The zero-order chi connectivity index (χ0) is 16.8. The summed E-state index contributed by atoms with van der Waals surface area (Å²) >= 11 is 0. The molecule has 0 spiro atoms. The number of ether oxygens (including phenoxy) is 1. The molecule has 134 valence electrons. The summed E-state index contributed by atoms with van der Waals surface area (Å²) in [5.74, 6) is 0.167. The van der Waals surface area contributed by atoms with Crippen LogP contribution in [-0.2, 0) is 11.3 Å². The van der Waals surface area contributed by atoms with Gasteiger partial charge in [0.15, 0.2) is 0 Å². The third kappa shape index (κ3) is 4.47. The lowest BCUT2D eigenvalue weighted by atomic mass is 9.95. The van der Waals surface area contributed by atoms with Gasteiger partial charge in [-0.15, -0.1) is 0 Å². The van der Waals surface area contributed by atoms with Gasteiger partial charge in [0.25, 0.3) is 0 Å². The van der Waals surface area contributed by atoms with Crippen LogP contribution in [0.2, 0.25) is 0 Å². The summed E-state index contributed by atoms with van der Waals surface area (Å²) in [6, 6.07) is 5.86. The number of nitrogens with zero attached hydrogens (tertiary/aromatic N) is 1. The van der Waals surface area contributed by atoms with Gasteiger partial charge in [-0.3, -0.25) is 0 Å². The minimum Gasteiger partial charge on any atom is -0.396 e. The molecule has 24 heavy (non-hydrogen) atoms. The van der Waals surface area contributed by atoms with Gasteiger partial charge in [-0.25, -0.2) is 4.39 Å². The lowest BCUT2D eigenvalue weighted by Crippen LogP contribution is -2.37. The second-order valence-corrected chi connectivity index (χ2v) is 6.95. The number of rotatable bonds is 5. The van der Waals surface area contributed by atoms with Crippen molar-refractivity contribution in [2.45, 2.75) is 44.7 Å². The van der Waals surface area contributed by atoms with Crippen molar-refractivity contribution in [1.29, 1.82) is 0 Å². The van der Waals surface area contributed by atoms with Crippen molar-refractivity contribution < 1.29 is 14.2 Å². The fourth-order valence-electron chi connectivity index (χ4n) is 3.84. The minimum atomic E-state index is -0.157. The zero-order valence-corrected chi connectivity index (χ0v) is 14.3. The number of hydrogen-bond donors (Lipinski definition) is 2. The molecule has 1 heterocycles. The van der Waals surface area contributed by atoms with E-state index < -0.39 is 0 Å². The van der Waals surface area contributed by atoms with Crippen LogP contribution in [0.4, 0.5) is 10.1 Å². The maximum absolute atomic E-state index is 14.5. The molecule has 1 saturated carbocycles. The van der Waals surface area contributed by atoms with E-state index in [1.165, 1.54) is 19.3 Å². The molecule has 0 bridgehead atoms. The molecule has 0 amide bonds. The Kier molecular flexibility index (Phi) is 6.46. The highest BCUT2D eigenvalue weighted by Crippen LogP contribution is 2.25. The summed E-state index contributed by atoms with van der Waals surface area (Å²) in [5.41, 5.74) is 1.63. The number of aliphatic hydroxyl groups excluding tert-OH is 1. The van der Waals surface area contributed by atoms with Gasteiger partial charge in [0.1, 0.15) is 5.82 Å². The third-order valence-electron chi connectivity index (χ3n) is 5.33. The lowest BCUT2D eigenvalue weighted by Gasteiger charge is -2.29. The number of aliphatic hydroxyl groups is 1. The Morgan fingerprint density at radius 1 is 1.17 bits per heavy atom. The molecule has 1 aliphatic heterocycles. The summed E-state index contributed by atoms with van der Waals surface area (Å²) < 4.78 is 19.8. The van der Waals surface area contributed by atoms with Crippen LogP contribution in [0.25, 0.3) is 0 Å². The molecule has 3 rings (SSSR count). The van der Waals surface area contributed by atoms with Crippen molar-refractivity contribution in [3.05, 3.63) is 29.6 Å². The van der Waals surface area contributed by atoms with Crippen molar-refractivity contribution in [2.24, 2.45) is 5.92 Å². The van der Waals surface area contributed by atoms with Gasteiger partial charge in [0.2, 0.25) is 0 Å². The molecule has 2 N–H and O–H groups in total. The number of halogens is 1. The first-order chi connectivity index (χ1) is 11.8. The maximum Gasteiger partial charge on any atom is 0.146 e. The van der Waals surface area contributed by atoms with Gasteiger partial charge < -0.3 is 20.1 Å². The average Bonchev–Trinajstić information content (AvgIpc) is 2.85. The molecular weight excluding hydrogens is 307 g/mol. The topological polar surface area (TPSA) is 44.7 Å². The number of benzene rings is 1. The van der Waals surface area contributed by atoms with Crippen LogP contribution in [0.5, 0.6) is 0 Å². The van der Waals surface area contributed by atoms with E-state index in [-0.39, 0.29) is 12.4 Å². The summed E-state index contributed by atoms with van der Waals surface area (Å²) in [6.45, 7) is 3.70. The Morgan fingerprint density at radius 2 is 1.96 bits per heavy atom. The van der Waals surface area contributed by atoms with Gasteiger partial charge in [0, 0.05) is 32.3 Å². The molecule has 2 fully saturated rings. The Hall–Kier alpha value is -1.17. The predicted octanol–water partition coefficient (Wildman–Crippen LogP) is 2.69. The molecule has 1 aromatic rings. The fourth-order valence-corrected chi connectivity index (χ4v) is 3.84. The summed E-state index contributed by atoms with van der Waals surface area (Å²) in [6.07, 6.45) is 5.83. The highest BCUT2D eigenvalue weighted by Gasteiger charge is 2.22. The standard InChI is InChI=1S/C19H29FN2O2/c20-17-12-15(6-7-19(17)22-8-10-24-11-9-22)13-21-18-5-3-1-2-4-16(18)14-23/h6-7,12,16,18,21,23H,1-5,8-11,13-14H2. The monoisotopic (exact) mass is 336 g/mol. The molecule has 2 unspecified atom stereocenters. The van der Waals surface area contributed by atoms with E-state index >= 15 is 0 Å². The van der Waals surface area contributed by atoms with Gasteiger partial charge in [-0.05, 0) is 36.5 Å². The van der Waals surface area contributed by atoms with Crippen LogP contribution >= 0.6 is 0 Å². The van der Waals surface area contributed by atoms with E-state index in [4.69, 9.17) is 4.74 Å². The largest absolute Gasteiger partial charge is 0.396 e. The maximum atomic E-state index is 14.5. The molecule has 5 heteroatoms. The first-order valence-corrected chi connectivity index (χ1v) is 9.23. The van der Waals surface area contributed by atoms with E-state index in [2.05, 4.69) is 5.32 Å². The molecule has 2 atom stereocenters. The Bertz CT molecular complexity index is 520. The SMILES string of the molecule is OCC1CCCCCC1NCc1ccc(N2CCOCC2)c(F)c1. The van der Waals surface area contributed by atoms with Gasteiger partial charge in [0.05, 0.1) is 18.9 Å². The van der Waals surface area contributed by atoms with E-state index in [1.807, 2.05) is 17.0 Å². The number of nitrogens with one attached hydrogen (secondary N) is 1. The van der Waals surface area contributed by atoms with Crippen LogP contribution in [-0.4, -0.2) is 44.1 Å². The number of morpholine rings is 1. The first kappa shape index (κ1) is 17.6. The van der Waals surface area contributed by atoms with E-state index in [0.717, 1.165) is 31.5 Å². The van der Waals surface area contributed by atoms with Crippen LogP contribution in [0.15, 0.2) is 18.2 Å². The molecule has 0 radical (unpaired) electrons. The summed E-state index contributed by atoms with van der Waals surface area (Å²) in [7, 11) is 0. The Morgan fingerprint density at radius 3 is 2.71 bits per heavy atom. The molecule has 0 aromatic heterocycles. The highest BCUT2D eigenvalue weighted by molar-refractivity contribution is 5.49. The van der Waals surface area contributed by atoms with Crippen molar-refractivity contribution in [3.8, 4) is 0 Å². The highest BCUT2D eigenvalue weighted by atomic mass is 19.1. The van der Waals surface area contributed by atoms with Crippen LogP contribution in [0.3, 0.4) is 0 Å². The average molecular weight is 336 g/mol. The van der Waals surface area contributed by atoms with Crippen molar-refractivity contribution in [1.82, 2.24) is 5.32 Å². The Balaban J connectivity index is 1.59. The molecule has 4 nitrogen and oxygen atoms in total. The minimum absolute atomic E-state index is 0.157. The molecule has 1 aliphatic carbocycles. The van der Waals surface area contributed by atoms with Crippen molar-refractivity contribution >= 4 is 5.69 Å². The van der Waals surface area contributed by atoms with E-state index in [9.17, 15) is 9.50 Å². The number of hydrogen-bond acceptors (Lipinski definition) is 4. The van der Waals surface area contributed by atoms with Crippen LogP contribution in [0, 0.1) is 11.7 Å². The summed E-state index contributed by atoms with van der Waals surface area (Å²) in [5, 5.41) is 13.1. The van der Waals surface area contributed by atoms with Crippen LogP contribution < -0.4 is 10.2 Å². The second-order valence-electron chi connectivity index (χ2n) is 6.95. The lowest BCUT2D eigenvalue weighted by molar-refractivity contribution is 0.122. The molecule has 1 aromatic carbocycles. The van der Waals surface area contributed by atoms with Gasteiger partial charge >= 0.3 is 0 Å². The molecule has 1 saturated heterocycles.